The number of aliphatic hydroxyl groups excluding tert-OH is 1. The third-order valence-electron chi connectivity index (χ3n) is 2.51. The Morgan fingerprint density at radius 3 is 2.71 bits per heavy atom. The summed E-state index contributed by atoms with van der Waals surface area (Å²) in [5, 5.41) is 9.30. The molecule has 0 saturated heterocycles. The highest BCUT2D eigenvalue weighted by atomic mass is 79.9. The van der Waals surface area contributed by atoms with Gasteiger partial charge in [0.2, 0.25) is 0 Å². The number of likely N-dealkylation sites (N-methyl/N-ethyl adjacent to an activating group) is 1. The molecule has 0 aliphatic heterocycles. The van der Waals surface area contributed by atoms with Crippen LogP contribution in [0.4, 0.5) is 5.69 Å². The van der Waals surface area contributed by atoms with Crippen LogP contribution in [0, 0.1) is 0 Å². The average molecular weight is 302 g/mol. The van der Waals surface area contributed by atoms with Gasteiger partial charge in [-0.1, -0.05) is 22.0 Å². The van der Waals surface area contributed by atoms with Gasteiger partial charge in [0.15, 0.2) is 0 Å². The van der Waals surface area contributed by atoms with Gasteiger partial charge in [0.05, 0.1) is 19.3 Å². The van der Waals surface area contributed by atoms with Gasteiger partial charge in [-0.2, -0.15) is 0 Å². The molecule has 96 valence electrons. The van der Waals surface area contributed by atoms with Crippen LogP contribution in [-0.4, -0.2) is 31.4 Å². The summed E-state index contributed by atoms with van der Waals surface area (Å²) >= 11 is 3.45. The molecule has 4 heteroatoms. The Morgan fingerprint density at radius 1 is 1.41 bits per heavy atom. The lowest BCUT2D eigenvalue weighted by Crippen LogP contribution is -2.24. The van der Waals surface area contributed by atoms with Crippen LogP contribution in [0.15, 0.2) is 22.7 Å². The fourth-order valence-corrected chi connectivity index (χ4v) is 1.92. The molecule has 0 unspecified atom stereocenters. The second-order valence-corrected chi connectivity index (χ2v) is 5.19. The van der Waals surface area contributed by atoms with E-state index in [0.717, 1.165) is 22.3 Å². The predicted molar refractivity (Wildman–Crippen MR) is 74.4 cm³/mol. The zero-order chi connectivity index (χ0) is 12.8. The highest BCUT2D eigenvalue weighted by Gasteiger charge is 2.07. The topological polar surface area (TPSA) is 32.7 Å². The van der Waals surface area contributed by atoms with Crippen LogP contribution in [0.1, 0.15) is 19.4 Å². The van der Waals surface area contributed by atoms with Crippen LogP contribution >= 0.6 is 15.9 Å². The van der Waals surface area contributed by atoms with E-state index < -0.39 is 0 Å². The maximum atomic E-state index is 9.30. The van der Waals surface area contributed by atoms with E-state index in [1.807, 2.05) is 39.1 Å². The van der Waals surface area contributed by atoms with Gasteiger partial charge in [-0.15, -0.1) is 0 Å². The van der Waals surface area contributed by atoms with E-state index in [1.165, 1.54) is 0 Å². The number of nitrogens with zero attached hydrogens (tertiary/aromatic N) is 1. The van der Waals surface area contributed by atoms with Crippen molar-refractivity contribution in [1.29, 1.82) is 0 Å². The fraction of sp³-hybridized carbons (Fsp3) is 0.538. The smallest absolute Gasteiger partial charge is 0.0702 e. The molecule has 0 atom stereocenters. The molecule has 0 bridgehead atoms. The van der Waals surface area contributed by atoms with Crippen molar-refractivity contribution in [3.63, 3.8) is 0 Å². The molecule has 1 N–H and O–H groups in total. The fourth-order valence-electron chi connectivity index (χ4n) is 1.57. The number of hydrogen-bond acceptors (Lipinski definition) is 3. The zero-order valence-corrected chi connectivity index (χ0v) is 12.2. The molecule has 0 aliphatic rings. The highest BCUT2D eigenvalue weighted by Crippen LogP contribution is 2.24. The van der Waals surface area contributed by atoms with Gasteiger partial charge in [0.1, 0.15) is 0 Å². The summed E-state index contributed by atoms with van der Waals surface area (Å²) in [7, 11) is 2.00. The molecule has 0 saturated carbocycles. The van der Waals surface area contributed by atoms with Gasteiger partial charge in [0.25, 0.3) is 0 Å². The quantitative estimate of drug-likeness (QED) is 0.877. The molecule has 1 aromatic carbocycles. The lowest BCUT2D eigenvalue weighted by Gasteiger charge is -2.22. The van der Waals surface area contributed by atoms with Crippen molar-refractivity contribution >= 4 is 21.6 Å². The SMILES string of the molecule is CC(C)OCCN(C)c1cc(Br)ccc1CO. The Labute approximate surface area is 112 Å². The molecular formula is C13H20BrNO2. The summed E-state index contributed by atoms with van der Waals surface area (Å²) in [6, 6.07) is 5.88. The van der Waals surface area contributed by atoms with E-state index in [0.29, 0.717) is 6.61 Å². The molecule has 0 aromatic heterocycles. The monoisotopic (exact) mass is 301 g/mol. The number of halogens is 1. The molecule has 17 heavy (non-hydrogen) atoms. The van der Waals surface area contributed by atoms with Crippen LogP contribution < -0.4 is 4.90 Å². The van der Waals surface area contributed by atoms with Crippen LogP contribution in [0.5, 0.6) is 0 Å². The molecule has 0 spiro atoms. The number of rotatable bonds is 6. The van der Waals surface area contributed by atoms with Crippen LogP contribution in [0.2, 0.25) is 0 Å². The summed E-state index contributed by atoms with van der Waals surface area (Å²) in [4.78, 5) is 2.10. The lowest BCUT2D eigenvalue weighted by atomic mass is 10.2. The maximum absolute atomic E-state index is 9.30. The third-order valence-corrected chi connectivity index (χ3v) is 3.00. The molecule has 0 aliphatic carbocycles. The molecule has 0 fully saturated rings. The van der Waals surface area contributed by atoms with Crippen LogP contribution in [0.3, 0.4) is 0 Å². The van der Waals surface area contributed by atoms with Gasteiger partial charge >= 0.3 is 0 Å². The zero-order valence-electron chi connectivity index (χ0n) is 10.6. The van der Waals surface area contributed by atoms with Gasteiger partial charge < -0.3 is 14.7 Å². The second-order valence-electron chi connectivity index (χ2n) is 4.27. The summed E-state index contributed by atoms with van der Waals surface area (Å²) in [6.45, 7) is 5.60. The molecule has 3 nitrogen and oxygen atoms in total. The first-order valence-electron chi connectivity index (χ1n) is 5.76. The van der Waals surface area contributed by atoms with Crippen LogP contribution in [0.25, 0.3) is 0 Å². The maximum Gasteiger partial charge on any atom is 0.0702 e. The van der Waals surface area contributed by atoms with E-state index in [-0.39, 0.29) is 12.7 Å². The Morgan fingerprint density at radius 2 is 2.12 bits per heavy atom. The predicted octanol–water partition coefficient (Wildman–Crippen LogP) is 2.80. The Bertz CT molecular complexity index is 355. The van der Waals surface area contributed by atoms with E-state index in [2.05, 4.69) is 20.8 Å². The minimum atomic E-state index is 0.0536. The highest BCUT2D eigenvalue weighted by molar-refractivity contribution is 9.10. The van der Waals surface area contributed by atoms with Crippen molar-refractivity contribution in [1.82, 2.24) is 0 Å². The molecule has 1 aromatic rings. The van der Waals surface area contributed by atoms with Crippen molar-refractivity contribution in [2.45, 2.75) is 26.6 Å². The van der Waals surface area contributed by atoms with Crippen molar-refractivity contribution in [3.05, 3.63) is 28.2 Å². The summed E-state index contributed by atoms with van der Waals surface area (Å²) in [6.07, 6.45) is 0.253. The number of benzene rings is 1. The Kier molecular flexibility index (Phi) is 5.95. The third kappa shape index (κ3) is 4.66. The van der Waals surface area contributed by atoms with E-state index in [1.54, 1.807) is 0 Å². The van der Waals surface area contributed by atoms with Gasteiger partial charge in [-0.25, -0.2) is 0 Å². The minimum Gasteiger partial charge on any atom is -0.392 e. The number of ether oxygens (including phenoxy) is 1. The molecular weight excluding hydrogens is 282 g/mol. The van der Waals surface area contributed by atoms with Gasteiger partial charge in [0, 0.05) is 29.3 Å². The first-order valence-corrected chi connectivity index (χ1v) is 6.56. The van der Waals surface area contributed by atoms with Crippen molar-refractivity contribution in [2.75, 3.05) is 25.1 Å². The standard InChI is InChI=1S/C13H20BrNO2/c1-10(2)17-7-6-15(3)13-8-12(14)5-4-11(13)9-16/h4-5,8,10,16H,6-7,9H2,1-3H3. The number of hydrogen-bond donors (Lipinski definition) is 1. The summed E-state index contributed by atoms with van der Waals surface area (Å²) < 4.78 is 6.54. The first kappa shape index (κ1) is 14.5. The van der Waals surface area contributed by atoms with E-state index >= 15 is 0 Å². The normalized spacial score (nSPS) is 10.9. The molecule has 1 rings (SSSR count). The summed E-state index contributed by atoms with van der Waals surface area (Å²) in [5.74, 6) is 0. The minimum absolute atomic E-state index is 0.0536. The van der Waals surface area contributed by atoms with Crippen molar-refractivity contribution in [3.8, 4) is 0 Å². The number of anilines is 1. The Balaban J connectivity index is 2.66. The lowest BCUT2D eigenvalue weighted by molar-refractivity contribution is 0.0845. The molecule has 0 amide bonds. The van der Waals surface area contributed by atoms with Crippen molar-refractivity contribution < 1.29 is 9.84 Å². The van der Waals surface area contributed by atoms with Gasteiger partial charge in [-0.05, 0) is 26.0 Å². The Hall–Kier alpha value is -0.580. The van der Waals surface area contributed by atoms with Crippen molar-refractivity contribution in [2.24, 2.45) is 0 Å². The van der Waals surface area contributed by atoms with Gasteiger partial charge in [-0.3, -0.25) is 0 Å². The van der Waals surface area contributed by atoms with E-state index in [4.69, 9.17) is 4.74 Å². The summed E-state index contributed by atoms with van der Waals surface area (Å²) in [5.41, 5.74) is 1.97. The first-order chi connectivity index (χ1) is 8.04. The number of aliphatic hydroxyl groups is 1. The largest absolute Gasteiger partial charge is 0.392 e. The van der Waals surface area contributed by atoms with E-state index in [9.17, 15) is 5.11 Å². The molecule has 0 radical (unpaired) electrons. The second kappa shape index (κ2) is 6.99. The average Bonchev–Trinajstić information content (AvgIpc) is 2.28. The van der Waals surface area contributed by atoms with Crippen LogP contribution in [-0.2, 0) is 11.3 Å². The molecule has 0 heterocycles.